The van der Waals surface area contributed by atoms with Crippen LogP contribution in [0.25, 0.3) is 0 Å². The van der Waals surface area contributed by atoms with Gasteiger partial charge >= 0.3 is 11.0 Å². The first-order chi connectivity index (χ1) is 23.0. The van der Waals surface area contributed by atoms with E-state index >= 15 is 0 Å². The Balaban J connectivity index is 1.02. The van der Waals surface area contributed by atoms with E-state index in [1.165, 1.54) is 41.3 Å². The first kappa shape index (κ1) is 30.9. The number of carbonyl (C=O) groups excluding carboxylic acids is 3. The number of rotatable bonds is 6. The van der Waals surface area contributed by atoms with Crippen LogP contribution in [0.1, 0.15) is 28.3 Å². The van der Waals surface area contributed by atoms with Crippen molar-refractivity contribution in [3.05, 3.63) is 104 Å². The van der Waals surface area contributed by atoms with Gasteiger partial charge in [-0.15, -0.1) is 11.8 Å². The maximum atomic E-state index is 13.8. The van der Waals surface area contributed by atoms with E-state index in [-0.39, 0.29) is 51.3 Å². The van der Waals surface area contributed by atoms with Crippen molar-refractivity contribution in [2.24, 2.45) is 29.6 Å². The third-order valence-electron chi connectivity index (χ3n) is 9.89. The monoisotopic (exact) mass is 695 g/mol. The van der Waals surface area contributed by atoms with Crippen LogP contribution in [0.15, 0.2) is 82.6 Å². The molecule has 8 rings (SSSR count). The molecule has 3 heterocycles. The van der Waals surface area contributed by atoms with Gasteiger partial charge in [-0.05, 0) is 84.3 Å². The van der Waals surface area contributed by atoms with Crippen molar-refractivity contribution < 1.29 is 36.7 Å². The molecular formula is C34H25F4N3O5S2. The zero-order valence-corrected chi connectivity index (χ0v) is 26.3. The van der Waals surface area contributed by atoms with Crippen molar-refractivity contribution in [2.45, 2.75) is 28.8 Å². The van der Waals surface area contributed by atoms with Gasteiger partial charge in [-0.1, -0.05) is 29.5 Å². The second kappa shape index (κ2) is 11.3. The van der Waals surface area contributed by atoms with Crippen molar-refractivity contribution in [3.63, 3.8) is 0 Å². The number of nitrogens with one attached hydrogen (secondary N) is 2. The minimum Gasteiger partial charge on any atom is -0.484 e. The van der Waals surface area contributed by atoms with E-state index < -0.39 is 41.9 Å². The lowest BCUT2D eigenvalue weighted by molar-refractivity contribution is -0.137. The summed E-state index contributed by atoms with van der Waals surface area (Å²) in [5.74, 6) is -2.69. The molecule has 4 aliphatic rings. The normalized spacial score (nSPS) is 27.1. The fourth-order valence-electron chi connectivity index (χ4n) is 8.13. The zero-order valence-electron chi connectivity index (χ0n) is 24.7. The number of imide groups is 1. The van der Waals surface area contributed by atoms with Crippen molar-refractivity contribution in [1.82, 2.24) is 4.98 Å². The summed E-state index contributed by atoms with van der Waals surface area (Å²) in [4.78, 5) is 57.4. The second-order valence-electron chi connectivity index (χ2n) is 12.4. The highest BCUT2D eigenvalue weighted by atomic mass is 32.2. The van der Waals surface area contributed by atoms with Gasteiger partial charge in [0.2, 0.25) is 11.8 Å². The van der Waals surface area contributed by atoms with Gasteiger partial charge in [0, 0.05) is 21.7 Å². The summed E-state index contributed by atoms with van der Waals surface area (Å²) in [6.45, 7) is -0.433. The molecule has 2 N–H and O–H groups in total. The molecule has 3 aromatic carbocycles. The Morgan fingerprint density at radius 1 is 0.958 bits per heavy atom. The van der Waals surface area contributed by atoms with Crippen molar-refractivity contribution in [2.75, 3.05) is 16.8 Å². The number of thiazole rings is 1. The number of ether oxygens (including phenoxy) is 1. The number of thioether (sulfide) groups is 1. The predicted molar refractivity (Wildman–Crippen MR) is 169 cm³/mol. The number of aromatic amines is 1. The molecule has 8 nitrogen and oxygen atoms in total. The molecule has 6 unspecified atom stereocenters. The molecule has 0 spiro atoms. The van der Waals surface area contributed by atoms with Crippen LogP contribution in [0, 0.1) is 35.4 Å². The highest BCUT2D eigenvalue weighted by molar-refractivity contribution is 8.00. The average molecular weight is 696 g/mol. The Kier molecular flexibility index (Phi) is 7.29. The van der Waals surface area contributed by atoms with Crippen LogP contribution >= 0.6 is 23.1 Å². The smallest absolute Gasteiger partial charge is 0.416 e. The predicted octanol–water partition coefficient (Wildman–Crippen LogP) is 6.29. The number of alkyl halides is 3. The lowest BCUT2D eigenvalue weighted by Crippen LogP contribution is -2.42. The highest BCUT2D eigenvalue weighted by Gasteiger charge is 2.69. The maximum Gasteiger partial charge on any atom is 0.416 e. The average Bonchev–Trinajstić information content (AvgIpc) is 3.79. The van der Waals surface area contributed by atoms with E-state index in [1.807, 2.05) is 12.1 Å². The minimum absolute atomic E-state index is 0.00359. The number of aromatic nitrogens is 1. The summed E-state index contributed by atoms with van der Waals surface area (Å²) in [6, 6.07) is 16.8. The van der Waals surface area contributed by atoms with E-state index in [2.05, 4.69) is 10.3 Å². The number of fused-ring (bicyclic) bond motifs is 9. The van der Waals surface area contributed by atoms with Gasteiger partial charge in [-0.2, -0.15) is 13.2 Å². The van der Waals surface area contributed by atoms with Gasteiger partial charge in [0.1, 0.15) is 11.6 Å². The van der Waals surface area contributed by atoms with Crippen LogP contribution in [-0.2, 0) is 20.6 Å². The number of benzene rings is 3. The maximum absolute atomic E-state index is 13.8. The molecule has 1 saturated heterocycles. The largest absolute Gasteiger partial charge is 0.484 e. The molecule has 246 valence electrons. The summed E-state index contributed by atoms with van der Waals surface area (Å²) in [5, 5.41) is 3.16. The number of carbonyl (C=O) groups is 3. The van der Waals surface area contributed by atoms with E-state index in [9.17, 15) is 36.7 Å². The van der Waals surface area contributed by atoms with Gasteiger partial charge in [0.15, 0.2) is 6.61 Å². The summed E-state index contributed by atoms with van der Waals surface area (Å²) >= 11 is 2.70. The topological polar surface area (TPSA) is 109 Å². The highest BCUT2D eigenvalue weighted by Crippen LogP contribution is 2.68. The number of H-pyrrole nitrogens is 1. The molecular weight excluding hydrogens is 671 g/mol. The molecule has 14 heteroatoms. The Labute approximate surface area is 278 Å². The fourth-order valence-corrected chi connectivity index (χ4v) is 11.0. The molecule has 2 aliphatic heterocycles. The van der Waals surface area contributed by atoms with Crippen LogP contribution in [0.5, 0.6) is 5.75 Å². The first-order valence-electron chi connectivity index (χ1n) is 15.2. The third-order valence-corrected chi connectivity index (χ3v) is 12.5. The van der Waals surface area contributed by atoms with Gasteiger partial charge < -0.3 is 15.0 Å². The van der Waals surface area contributed by atoms with E-state index in [0.29, 0.717) is 17.9 Å². The number of amides is 3. The quantitative estimate of drug-likeness (QED) is 0.181. The van der Waals surface area contributed by atoms with Crippen LogP contribution in [0.2, 0.25) is 0 Å². The number of nitrogens with zero attached hydrogens (tertiary/aromatic N) is 1. The van der Waals surface area contributed by atoms with E-state index in [1.54, 1.807) is 23.9 Å². The lowest BCUT2D eigenvalue weighted by Gasteiger charge is -2.43. The molecule has 7 atom stereocenters. The third kappa shape index (κ3) is 5.04. The molecule has 48 heavy (non-hydrogen) atoms. The lowest BCUT2D eigenvalue weighted by atomic mass is 9.68. The molecule has 2 bridgehead atoms. The van der Waals surface area contributed by atoms with Gasteiger partial charge in [-0.3, -0.25) is 24.1 Å². The zero-order chi connectivity index (χ0) is 33.5. The summed E-state index contributed by atoms with van der Waals surface area (Å²) in [7, 11) is 0. The van der Waals surface area contributed by atoms with E-state index in [4.69, 9.17) is 4.74 Å². The number of hydrogen-bond donors (Lipinski definition) is 2. The molecule has 0 radical (unpaired) electrons. The molecule has 2 saturated carbocycles. The Bertz CT molecular complexity index is 2010. The Morgan fingerprint density at radius 2 is 1.67 bits per heavy atom. The number of anilines is 2. The summed E-state index contributed by atoms with van der Waals surface area (Å²) in [5.41, 5.74) is 0.362. The number of halogens is 4. The van der Waals surface area contributed by atoms with Crippen LogP contribution in [0.3, 0.4) is 0 Å². The van der Waals surface area contributed by atoms with Crippen molar-refractivity contribution in [3.8, 4) is 5.75 Å². The summed E-state index contributed by atoms with van der Waals surface area (Å²) in [6.07, 6.45) is -3.83. The Hall–Kier alpha value is -4.43. The van der Waals surface area contributed by atoms with Gasteiger partial charge in [0.25, 0.3) is 5.91 Å². The standard InChI is InChI=1S/C34H25F4N3O5S2/c35-17-6-8-19(9-7-17)41-31(43)26-21-13-22(27(26)32(41)44)28-25(21)24(29-30(47-28)40-33(45)48-29)15-4-10-20(11-5-15)46-14-23(42)39-18-3-1-2-16(12-18)34(36,37)38/h1-12,21-22,24-28H,13-14H2,(H,39,42)(H,40,45)/t21?,22?,24-,25?,26?,27?,28?/m1/s1. The van der Waals surface area contributed by atoms with Crippen LogP contribution in [0.4, 0.5) is 28.9 Å². The van der Waals surface area contributed by atoms with Crippen LogP contribution < -0.4 is 19.8 Å². The van der Waals surface area contributed by atoms with Crippen molar-refractivity contribution in [1.29, 1.82) is 0 Å². The first-order valence-corrected chi connectivity index (χ1v) is 16.9. The van der Waals surface area contributed by atoms with Crippen molar-refractivity contribution >= 4 is 52.2 Å². The second-order valence-corrected chi connectivity index (χ2v) is 14.6. The fraction of sp³-hybridized carbons (Fsp3) is 0.294. The number of hydrogen-bond acceptors (Lipinski definition) is 7. The van der Waals surface area contributed by atoms with Crippen LogP contribution in [-0.4, -0.2) is 34.6 Å². The Morgan fingerprint density at radius 3 is 2.38 bits per heavy atom. The molecule has 3 amide bonds. The molecule has 2 aliphatic carbocycles. The SMILES string of the molecule is O=C(COc1ccc([C@H]2c3sc(=O)[nH]c3SC3C4CC(C5C(=O)N(c6ccc(F)cc6)C(=O)C45)C32)cc1)Nc1cccc(C(F)(F)F)c1. The molecule has 1 aromatic heterocycles. The molecule has 3 fully saturated rings. The minimum atomic E-state index is -4.54. The van der Waals surface area contributed by atoms with E-state index in [0.717, 1.165) is 38.9 Å². The molecule has 4 aromatic rings. The van der Waals surface area contributed by atoms with Gasteiger partial charge in [-0.25, -0.2) is 4.39 Å². The van der Waals surface area contributed by atoms with Gasteiger partial charge in [0.05, 0.1) is 28.1 Å². The summed E-state index contributed by atoms with van der Waals surface area (Å²) < 4.78 is 58.3.